The van der Waals surface area contributed by atoms with E-state index >= 15 is 0 Å². The first-order chi connectivity index (χ1) is 11.8. The van der Waals surface area contributed by atoms with Gasteiger partial charge in [0.25, 0.3) is 0 Å². The van der Waals surface area contributed by atoms with Gasteiger partial charge in [0.2, 0.25) is 0 Å². The fourth-order valence-corrected chi connectivity index (χ4v) is 6.34. The summed E-state index contributed by atoms with van der Waals surface area (Å²) in [7, 11) is -2.82. The fourth-order valence-electron chi connectivity index (χ4n) is 4.48. The Morgan fingerprint density at radius 2 is 2.12 bits per heavy atom. The molecule has 1 saturated carbocycles. The molecule has 3 aliphatic rings. The molecule has 6 heteroatoms. The van der Waals surface area contributed by atoms with Gasteiger partial charge in [-0.25, -0.2) is 13.4 Å². The lowest BCUT2D eigenvalue weighted by atomic mass is 9.59. The lowest BCUT2D eigenvalue weighted by Gasteiger charge is -2.53. The minimum atomic E-state index is -2.82. The van der Waals surface area contributed by atoms with Crippen LogP contribution >= 0.6 is 0 Å². The van der Waals surface area contributed by atoms with Gasteiger partial charge in [0.15, 0.2) is 15.8 Å². The van der Waals surface area contributed by atoms with E-state index in [1.54, 1.807) is 0 Å². The molecule has 2 saturated heterocycles. The van der Waals surface area contributed by atoms with E-state index in [9.17, 15) is 8.42 Å². The van der Waals surface area contributed by atoms with Gasteiger partial charge >= 0.3 is 0 Å². The molecule has 0 bridgehead atoms. The number of nitrogens with one attached hydrogen (secondary N) is 1. The van der Waals surface area contributed by atoms with Gasteiger partial charge in [-0.2, -0.15) is 0 Å². The number of hydrogen-bond donors (Lipinski definition) is 1. The van der Waals surface area contributed by atoms with E-state index in [4.69, 9.17) is 4.99 Å². The van der Waals surface area contributed by atoms with Crippen LogP contribution in [0.5, 0.6) is 0 Å². The van der Waals surface area contributed by atoms with Gasteiger partial charge in [-0.15, -0.1) is 0 Å². The summed E-state index contributed by atoms with van der Waals surface area (Å²) in [5, 5.41) is 3.50. The van der Waals surface area contributed by atoms with E-state index in [1.165, 1.54) is 25.7 Å². The highest BCUT2D eigenvalue weighted by Crippen LogP contribution is 2.50. The zero-order valence-electron chi connectivity index (χ0n) is 15.8. The molecule has 3 fully saturated rings. The molecule has 5 nitrogen and oxygen atoms in total. The highest BCUT2D eigenvalue weighted by molar-refractivity contribution is 7.91. The van der Waals surface area contributed by atoms with Gasteiger partial charge in [-0.05, 0) is 49.9 Å². The molecule has 2 aliphatic heterocycles. The fraction of sp³-hybridized carbons (Fsp3) is 0.842. The smallest absolute Gasteiger partial charge is 0.194 e. The number of guanidine groups is 1. The van der Waals surface area contributed by atoms with Crippen LogP contribution < -0.4 is 5.32 Å². The third-order valence-electron chi connectivity index (χ3n) is 6.41. The summed E-state index contributed by atoms with van der Waals surface area (Å²) >= 11 is 0. The highest BCUT2D eigenvalue weighted by Gasteiger charge is 2.46. The topological polar surface area (TPSA) is 61.8 Å². The summed E-state index contributed by atoms with van der Waals surface area (Å²) in [6, 6.07) is 0. The van der Waals surface area contributed by atoms with Gasteiger partial charge in [0.05, 0.1) is 18.1 Å². The van der Waals surface area contributed by atoms with Gasteiger partial charge in [-0.3, -0.25) is 0 Å². The maximum absolute atomic E-state index is 11.7. The van der Waals surface area contributed by atoms with E-state index in [-0.39, 0.29) is 5.92 Å². The lowest BCUT2D eigenvalue weighted by Crippen LogP contribution is -2.56. The molecule has 2 unspecified atom stereocenters. The molecule has 25 heavy (non-hydrogen) atoms. The monoisotopic (exact) mass is 367 g/mol. The number of aliphatic imine (C=N–C) groups is 1. The molecule has 142 valence electrons. The highest BCUT2D eigenvalue weighted by atomic mass is 32.2. The Kier molecular flexibility index (Phi) is 5.47. The first kappa shape index (κ1) is 18.7. The Morgan fingerprint density at radius 3 is 2.68 bits per heavy atom. The molecule has 0 aromatic rings. The molecule has 0 aromatic heterocycles. The standard InChI is InChI=1S/C19H33N3O2S/c1-15(2)11-20-18(21-12-17-6-10-25(23,24)13-17)22-9-5-16(3)19(14-22)7-4-8-19/h16-17H,1,4-14H2,2-3H3,(H,20,21). The van der Waals surface area contributed by atoms with Gasteiger partial charge < -0.3 is 10.2 Å². The number of sulfone groups is 1. The van der Waals surface area contributed by atoms with Crippen LogP contribution in [0, 0.1) is 17.3 Å². The van der Waals surface area contributed by atoms with Crippen LogP contribution in [0.1, 0.15) is 46.0 Å². The molecular formula is C19H33N3O2S. The molecule has 1 N–H and O–H groups in total. The van der Waals surface area contributed by atoms with Crippen molar-refractivity contribution in [3.8, 4) is 0 Å². The molecule has 0 radical (unpaired) electrons. The average Bonchev–Trinajstić information content (AvgIpc) is 2.85. The van der Waals surface area contributed by atoms with Crippen LogP contribution in [-0.2, 0) is 9.84 Å². The SMILES string of the molecule is C=C(C)CN=C(NCC1CCS(=O)(=O)C1)N1CCC(C)C2(CCC2)C1. The van der Waals surface area contributed by atoms with Crippen LogP contribution in [0.15, 0.2) is 17.1 Å². The van der Waals surface area contributed by atoms with Crippen molar-refractivity contribution in [2.45, 2.75) is 46.0 Å². The summed E-state index contributed by atoms with van der Waals surface area (Å²) in [5.41, 5.74) is 1.52. The number of rotatable bonds is 4. The molecule has 2 atom stereocenters. The van der Waals surface area contributed by atoms with Crippen molar-refractivity contribution in [2.75, 3.05) is 37.7 Å². The second-order valence-corrected chi connectivity index (χ2v) is 10.8. The third-order valence-corrected chi connectivity index (χ3v) is 8.24. The number of piperidine rings is 1. The predicted molar refractivity (Wildman–Crippen MR) is 104 cm³/mol. The Bertz CT molecular complexity index is 637. The quantitative estimate of drug-likeness (QED) is 0.471. The van der Waals surface area contributed by atoms with Crippen molar-refractivity contribution in [3.63, 3.8) is 0 Å². The number of likely N-dealkylation sites (tertiary alicyclic amines) is 1. The maximum atomic E-state index is 11.7. The van der Waals surface area contributed by atoms with Crippen LogP contribution in [0.3, 0.4) is 0 Å². The van der Waals surface area contributed by atoms with Gasteiger partial charge in [0, 0.05) is 19.6 Å². The third kappa shape index (κ3) is 4.39. The van der Waals surface area contributed by atoms with E-state index in [0.29, 0.717) is 30.0 Å². The summed E-state index contributed by atoms with van der Waals surface area (Å²) in [6.45, 7) is 11.8. The molecular weight excluding hydrogens is 334 g/mol. The van der Waals surface area contributed by atoms with Crippen molar-refractivity contribution in [1.29, 1.82) is 0 Å². The Hall–Kier alpha value is -1.04. The number of hydrogen-bond acceptors (Lipinski definition) is 3. The zero-order chi connectivity index (χ0) is 18.1. The van der Waals surface area contributed by atoms with Crippen molar-refractivity contribution in [1.82, 2.24) is 10.2 Å². The summed E-state index contributed by atoms with van der Waals surface area (Å²) in [5.74, 6) is 2.60. The maximum Gasteiger partial charge on any atom is 0.194 e. The average molecular weight is 368 g/mol. The molecule has 0 aromatic carbocycles. The summed E-state index contributed by atoms with van der Waals surface area (Å²) in [4.78, 5) is 7.18. The first-order valence-corrected chi connectivity index (χ1v) is 11.5. The molecule has 1 aliphatic carbocycles. The first-order valence-electron chi connectivity index (χ1n) is 9.68. The van der Waals surface area contributed by atoms with Crippen molar-refractivity contribution < 1.29 is 8.42 Å². The largest absolute Gasteiger partial charge is 0.356 e. The molecule has 2 heterocycles. The van der Waals surface area contributed by atoms with Crippen LogP contribution in [0.25, 0.3) is 0 Å². The van der Waals surface area contributed by atoms with Gasteiger partial charge in [-0.1, -0.05) is 25.5 Å². The normalized spacial score (nSPS) is 31.0. The Morgan fingerprint density at radius 1 is 1.36 bits per heavy atom. The van der Waals surface area contributed by atoms with E-state index in [1.807, 2.05) is 6.92 Å². The van der Waals surface area contributed by atoms with E-state index in [0.717, 1.165) is 37.0 Å². The van der Waals surface area contributed by atoms with Crippen molar-refractivity contribution in [3.05, 3.63) is 12.2 Å². The molecule has 0 amide bonds. The minimum absolute atomic E-state index is 0.210. The minimum Gasteiger partial charge on any atom is -0.356 e. The second kappa shape index (κ2) is 7.29. The van der Waals surface area contributed by atoms with Crippen LogP contribution in [0.4, 0.5) is 0 Å². The van der Waals surface area contributed by atoms with E-state index in [2.05, 4.69) is 23.7 Å². The number of nitrogens with zero attached hydrogens (tertiary/aromatic N) is 2. The van der Waals surface area contributed by atoms with Crippen LogP contribution in [-0.4, -0.2) is 57.0 Å². The van der Waals surface area contributed by atoms with Crippen molar-refractivity contribution in [2.24, 2.45) is 22.2 Å². The molecule has 3 rings (SSSR count). The second-order valence-electron chi connectivity index (χ2n) is 8.57. The Balaban J connectivity index is 1.65. The molecule has 1 spiro atoms. The van der Waals surface area contributed by atoms with E-state index < -0.39 is 9.84 Å². The summed E-state index contributed by atoms with van der Waals surface area (Å²) in [6.07, 6.45) is 6.00. The zero-order valence-corrected chi connectivity index (χ0v) is 16.6. The van der Waals surface area contributed by atoms with Crippen LogP contribution in [0.2, 0.25) is 0 Å². The van der Waals surface area contributed by atoms with Gasteiger partial charge in [0.1, 0.15) is 0 Å². The lowest BCUT2D eigenvalue weighted by molar-refractivity contribution is -0.00513. The van der Waals surface area contributed by atoms with Crippen molar-refractivity contribution >= 4 is 15.8 Å². The Labute approximate surface area is 152 Å². The predicted octanol–water partition coefficient (Wildman–Crippen LogP) is 2.45. The summed E-state index contributed by atoms with van der Waals surface area (Å²) < 4.78 is 23.4.